The predicted molar refractivity (Wildman–Crippen MR) is 112 cm³/mol. The van der Waals surface area contributed by atoms with Crippen LogP contribution in [0.15, 0.2) is 54.6 Å². The second kappa shape index (κ2) is 9.28. The molecule has 0 saturated heterocycles. The Hall–Kier alpha value is -3.28. The van der Waals surface area contributed by atoms with Crippen LogP contribution < -0.4 is 14.8 Å². The Bertz CT molecular complexity index is 950. The van der Waals surface area contributed by atoms with Crippen molar-refractivity contribution < 1.29 is 14.3 Å². The van der Waals surface area contributed by atoms with Crippen LogP contribution >= 0.6 is 0 Å². The molecule has 6 heteroatoms. The molecule has 1 unspecified atom stereocenters. The van der Waals surface area contributed by atoms with Gasteiger partial charge in [-0.3, -0.25) is 9.48 Å². The summed E-state index contributed by atoms with van der Waals surface area (Å²) in [4.78, 5) is 12.5. The molecule has 1 amide bonds. The van der Waals surface area contributed by atoms with Crippen molar-refractivity contribution in [2.24, 2.45) is 0 Å². The summed E-state index contributed by atoms with van der Waals surface area (Å²) in [5.74, 6) is 1.19. The fourth-order valence-electron chi connectivity index (χ4n) is 3.13. The Morgan fingerprint density at radius 1 is 1.07 bits per heavy atom. The van der Waals surface area contributed by atoms with E-state index in [1.165, 1.54) is 5.56 Å². The molecule has 0 fully saturated rings. The smallest absolute Gasteiger partial charge is 0.261 e. The van der Waals surface area contributed by atoms with Gasteiger partial charge in [0.05, 0.1) is 19.3 Å². The molecule has 6 nitrogen and oxygen atoms in total. The quantitative estimate of drug-likeness (QED) is 0.635. The van der Waals surface area contributed by atoms with Crippen LogP contribution in [0.2, 0.25) is 0 Å². The van der Waals surface area contributed by atoms with E-state index in [1.54, 1.807) is 38.3 Å². The number of ether oxygens (including phenoxy) is 2. The maximum absolute atomic E-state index is 12.5. The van der Waals surface area contributed by atoms with Crippen LogP contribution in [0.5, 0.6) is 11.5 Å². The number of nitrogens with zero attached hydrogens (tertiary/aromatic N) is 2. The van der Waals surface area contributed by atoms with E-state index in [0.29, 0.717) is 18.8 Å². The van der Waals surface area contributed by atoms with Gasteiger partial charge in [0.25, 0.3) is 5.91 Å². The van der Waals surface area contributed by atoms with Crippen LogP contribution in [-0.4, -0.2) is 28.9 Å². The summed E-state index contributed by atoms with van der Waals surface area (Å²) in [6.45, 7) is 6.85. The highest BCUT2D eigenvalue weighted by atomic mass is 16.5. The fourth-order valence-corrected chi connectivity index (χ4v) is 3.13. The molecule has 152 valence electrons. The molecule has 2 aromatic carbocycles. The number of amides is 1. The molecule has 1 heterocycles. The highest BCUT2D eigenvalue weighted by Crippen LogP contribution is 2.18. The first kappa shape index (κ1) is 20.5. The first-order valence-corrected chi connectivity index (χ1v) is 9.63. The molecule has 0 aliphatic carbocycles. The third-order valence-corrected chi connectivity index (χ3v) is 4.89. The zero-order valence-corrected chi connectivity index (χ0v) is 17.3. The Balaban J connectivity index is 1.59. The number of carbonyl (C=O) groups excluding carboxylic acids is 1. The SMILES string of the molecule is COc1ccc(OC(C)C(=O)NCc2c(C)nn(Cc3ccccc3)c2C)cc1. The first-order valence-electron chi connectivity index (χ1n) is 9.63. The van der Waals surface area contributed by atoms with Gasteiger partial charge in [-0.2, -0.15) is 5.10 Å². The van der Waals surface area contributed by atoms with Crippen LogP contribution in [-0.2, 0) is 17.9 Å². The average molecular weight is 393 g/mol. The lowest BCUT2D eigenvalue weighted by Crippen LogP contribution is -2.36. The summed E-state index contributed by atoms with van der Waals surface area (Å²) in [5.41, 5.74) is 4.19. The van der Waals surface area contributed by atoms with Crippen LogP contribution in [0.4, 0.5) is 0 Å². The molecule has 3 rings (SSSR count). The lowest BCUT2D eigenvalue weighted by molar-refractivity contribution is -0.127. The van der Waals surface area contributed by atoms with E-state index in [9.17, 15) is 4.79 Å². The number of benzene rings is 2. The molecular weight excluding hydrogens is 366 g/mol. The monoisotopic (exact) mass is 393 g/mol. The van der Waals surface area contributed by atoms with Gasteiger partial charge in [0.2, 0.25) is 0 Å². The largest absolute Gasteiger partial charge is 0.497 e. The molecule has 0 spiro atoms. The molecule has 0 aliphatic rings. The van der Waals surface area contributed by atoms with E-state index in [4.69, 9.17) is 9.47 Å². The molecule has 3 aromatic rings. The summed E-state index contributed by atoms with van der Waals surface area (Å²) in [7, 11) is 1.61. The number of hydrogen-bond donors (Lipinski definition) is 1. The van der Waals surface area contributed by atoms with Crippen molar-refractivity contribution in [1.82, 2.24) is 15.1 Å². The van der Waals surface area contributed by atoms with E-state index in [-0.39, 0.29) is 5.91 Å². The summed E-state index contributed by atoms with van der Waals surface area (Å²) in [5, 5.41) is 7.59. The molecule has 29 heavy (non-hydrogen) atoms. The van der Waals surface area contributed by atoms with Gasteiger partial charge in [-0.1, -0.05) is 30.3 Å². The van der Waals surface area contributed by atoms with Crippen molar-refractivity contribution in [1.29, 1.82) is 0 Å². The second-order valence-corrected chi connectivity index (χ2v) is 6.95. The minimum atomic E-state index is -0.608. The number of methoxy groups -OCH3 is 1. The molecule has 1 atom stereocenters. The molecule has 0 bridgehead atoms. The average Bonchev–Trinajstić information content (AvgIpc) is 3.00. The number of nitrogens with one attached hydrogen (secondary N) is 1. The van der Waals surface area contributed by atoms with Crippen LogP contribution in [0, 0.1) is 13.8 Å². The van der Waals surface area contributed by atoms with E-state index in [1.807, 2.05) is 36.7 Å². The third kappa shape index (κ3) is 5.16. The van der Waals surface area contributed by atoms with Crippen molar-refractivity contribution >= 4 is 5.91 Å². The summed E-state index contributed by atoms with van der Waals surface area (Å²) >= 11 is 0. The summed E-state index contributed by atoms with van der Waals surface area (Å²) in [6.07, 6.45) is -0.608. The van der Waals surface area contributed by atoms with E-state index < -0.39 is 6.10 Å². The number of carbonyl (C=O) groups is 1. The highest BCUT2D eigenvalue weighted by Gasteiger charge is 2.17. The Labute approximate surface area is 171 Å². The summed E-state index contributed by atoms with van der Waals surface area (Å²) < 4.78 is 12.8. The van der Waals surface area contributed by atoms with Gasteiger partial charge < -0.3 is 14.8 Å². The maximum atomic E-state index is 12.5. The Morgan fingerprint density at radius 2 is 1.72 bits per heavy atom. The van der Waals surface area contributed by atoms with E-state index in [0.717, 1.165) is 22.7 Å². The highest BCUT2D eigenvalue weighted by molar-refractivity contribution is 5.80. The van der Waals surface area contributed by atoms with Gasteiger partial charge in [0.1, 0.15) is 11.5 Å². The normalized spacial score (nSPS) is 11.7. The Morgan fingerprint density at radius 3 is 2.38 bits per heavy atom. The third-order valence-electron chi connectivity index (χ3n) is 4.89. The molecule has 0 radical (unpaired) electrons. The minimum absolute atomic E-state index is 0.171. The van der Waals surface area contributed by atoms with Crippen molar-refractivity contribution in [3.63, 3.8) is 0 Å². The van der Waals surface area contributed by atoms with Crippen LogP contribution in [0.25, 0.3) is 0 Å². The van der Waals surface area contributed by atoms with Gasteiger partial charge in [-0.25, -0.2) is 0 Å². The number of rotatable bonds is 8. The number of aryl methyl sites for hydroxylation is 1. The van der Waals surface area contributed by atoms with Crippen molar-refractivity contribution in [2.45, 2.75) is 40.0 Å². The van der Waals surface area contributed by atoms with Gasteiger partial charge in [-0.05, 0) is 50.6 Å². The lowest BCUT2D eigenvalue weighted by atomic mass is 10.2. The second-order valence-electron chi connectivity index (χ2n) is 6.95. The predicted octanol–water partition coefficient (Wildman–Crippen LogP) is 3.64. The van der Waals surface area contributed by atoms with E-state index in [2.05, 4.69) is 22.5 Å². The number of hydrogen-bond acceptors (Lipinski definition) is 4. The zero-order chi connectivity index (χ0) is 20.8. The molecule has 1 aromatic heterocycles. The Kier molecular flexibility index (Phi) is 6.54. The van der Waals surface area contributed by atoms with Crippen LogP contribution in [0.1, 0.15) is 29.4 Å². The van der Waals surface area contributed by atoms with Crippen molar-refractivity contribution in [3.8, 4) is 11.5 Å². The van der Waals surface area contributed by atoms with E-state index >= 15 is 0 Å². The van der Waals surface area contributed by atoms with Gasteiger partial charge >= 0.3 is 0 Å². The van der Waals surface area contributed by atoms with Crippen LogP contribution in [0.3, 0.4) is 0 Å². The summed E-state index contributed by atoms with van der Waals surface area (Å²) in [6, 6.07) is 17.4. The van der Waals surface area contributed by atoms with Crippen molar-refractivity contribution in [2.75, 3.05) is 7.11 Å². The van der Waals surface area contributed by atoms with Crippen molar-refractivity contribution in [3.05, 3.63) is 77.1 Å². The number of aromatic nitrogens is 2. The molecule has 0 saturated carbocycles. The van der Waals surface area contributed by atoms with Gasteiger partial charge in [-0.15, -0.1) is 0 Å². The molecule has 1 N–H and O–H groups in total. The minimum Gasteiger partial charge on any atom is -0.497 e. The first-order chi connectivity index (χ1) is 14.0. The standard InChI is InChI=1S/C23H27N3O3/c1-16-22(17(2)26(25-16)15-19-8-6-5-7-9-19)14-24-23(27)18(3)29-21-12-10-20(28-4)11-13-21/h5-13,18H,14-15H2,1-4H3,(H,24,27). The van der Waals surface area contributed by atoms with Gasteiger partial charge in [0.15, 0.2) is 6.10 Å². The van der Waals surface area contributed by atoms with Gasteiger partial charge in [0, 0.05) is 17.8 Å². The maximum Gasteiger partial charge on any atom is 0.261 e. The fraction of sp³-hybridized carbons (Fsp3) is 0.304. The lowest BCUT2D eigenvalue weighted by Gasteiger charge is -2.15. The molecular formula is C23H27N3O3. The zero-order valence-electron chi connectivity index (χ0n) is 17.3. The topological polar surface area (TPSA) is 65.4 Å². The molecule has 0 aliphatic heterocycles.